The first-order chi connectivity index (χ1) is 15.4. The van der Waals surface area contributed by atoms with E-state index in [1.807, 2.05) is 12.3 Å². The summed E-state index contributed by atoms with van der Waals surface area (Å²) in [4.78, 5) is 25.4. The highest BCUT2D eigenvalue weighted by molar-refractivity contribution is 7.98. The highest BCUT2D eigenvalue weighted by Crippen LogP contribution is 2.31. The Morgan fingerprint density at radius 3 is 2.50 bits per heavy atom. The van der Waals surface area contributed by atoms with E-state index in [-0.39, 0.29) is 16.3 Å². The zero-order chi connectivity index (χ0) is 23.1. The summed E-state index contributed by atoms with van der Waals surface area (Å²) in [5, 5.41) is 2.58. The van der Waals surface area contributed by atoms with E-state index in [2.05, 4.69) is 5.32 Å². The second-order valence-corrected chi connectivity index (χ2v) is 9.91. The number of hydrogen-bond donors (Lipinski definition) is 1. The van der Waals surface area contributed by atoms with Gasteiger partial charge < -0.3 is 14.8 Å². The Kier molecular flexibility index (Phi) is 8.16. The van der Waals surface area contributed by atoms with E-state index >= 15 is 0 Å². The Bertz CT molecular complexity index is 1080. The van der Waals surface area contributed by atoms with Crippen molar-refractivity contribution in [3.8, 4) is 5.75 Å². The molecule has 2 aromatic rings. The van der Waals surface area contributed by atoms with E-state index in [0.717, 1.165) is 24.2 Å². The van der Waals surface area contributed by atoms with Crippen molar-refractivity contribution >= 4 is 39.3 Å². The Morgan fingerprint density at radius 1 is 1.09 bits per heavy atom. The Balaban J connectivity index is 1.70. The van der Waals surface area contributed by atoms with Gasteiger partial charge in [-0.25, -0.2) is 13.2 Å². The van der Waals surface area contributed by atoms with Crippen LogP contribution in [0.4, 0.5) is 5.69 Å². The number of amides is 1. The Hall–Kier alpha value is -2.56. The number of sulfonamides is 1. The third-order valence-corrected chi connectivity index (χ3v) is 7.76. The van der Waals surface area contributed by atoms with Gasteiger partial charge in [-0.3, -0.25) is 4.79 Å². The fraction of sp³-hybridized carbons (Fsp3) is 0.364. The van der Waals surface area contributed by atoms with Gasteiger partial charge in [-0.1, -0.05) is 18.6 Å². The molecule has 1 amide bonds. The predicted octanol–water partition coefficient (Wildman–Crippen LogP) is 3.39. The first-order valence-corrected chi connectivity index (χ1v) is 12.8. The fourth-order valence-electron chi connectivity index (χ4n) is 3.42. The van der Waals surface area contributed by atoms with Crippen LogP contribution >= 0.6 is 11.8 Å². The lowest BCUT2D eigenvalue weighted by Gasteiger charge is -2.26. The van der Waals surface area contributed by atoms with Gasteiger partial charge in [0.05, 0.1) is 12.7 Å². The molecule has 172 valence electrons. The molecule has 32 heavy (non-hydrogen) atoms. The smallest absolute Gasteiger partial charge is 0.339 e. The molecule has 1 N–H and O–H groups in total. The molecule has 0 radical (unpaired) electrons. The molecule has 1 fully saturated rings. The number of hydrogen-bond acceptors (Lipinski definition) is 7. The van der Waals surface area contributed by atoms with Crippen LogP contribution in [0.1, 0.15) is 29.6 Å². The molecular weight excluding hydrogens is 452 g/mol. The van der Waals surface area contributed by atoms with Crippen LogP contribution in [-0.4, -0.2) is 57.7 Å². The topological polar surface area (TPSA) is 102 Å². The molecule has 8 nitrogen and oxygen atoms in total. The first-order valence-electron chi connectivity index (χ1n) is 10.1. The van der Waals surface area contributed by atoms with Gasteiger partial charge in [-0.15, -0.1) is 11.8 Å². The molecule has 3 rings (SSSR count). The average molecular weight is 479 g/mol. The third kappa shape index (κ3) is 5.62. The summed E-state index contributed by atoms with van der Waals surface area (Å²) in [5.74, 6) is -0.978. The molecule has 0 unspecified atom stereocenters. The van der Waals surface area contributed by atoms with Gasteiger partial charge in [0.1, 0.15) is 10.6 Å². The lowest BCUT2D eigenvalue weighted by atomic mass is 10.2. The van der Waals surface area contributed by atoms with E-state index in [4.69, 9.17) is 9.47 Å². The number of nitrogens with zero attached hydrogens (tertiary/aromatic N) is 1. The van der Waals surface area contributed by atoms with Crippen LogP contribution in [0.15, 0.2) is 52.3 Å². The summed E-state index contributed by atoms with van der Waals surface area (Å²) >= 11 is 1.41. The molecule has 0 atom stereocenters. The number of carbonyl (C=O) groups is 2. The van der Waals surface area contributed by atoms with Crippen molar-refractivity contribution in [1.82, 2.24) is 4.31 Å². The van der Waals surface area contributed by atoms with Gasteiger partial charge in [-0.05, 0) is 49.4 Å². The standard InChI is InChI=1S/C22H26N2O6S2/c1-29-18-11-10-16(14-20(18)32(27,28)24-12-6-3-7-13-24)23-21(25)15-30-22(26)17-8-4-5-9-19(17)31-2/h4-5,8-11,14H,3,6-7,12-13,15H2,1-2H3,(H,23,25). The van der Waals surface area contributed by atoms with E-state index in [1.165, 1.54) is 41.4 Å². The van der Waals surface area contributed by atoms with Gasteiger partial charge in [0, 0.05) is 23.7 Å². The third-order valence-electron chi connectivity index (χ3n) is 5.04. The summed E-state index contributed by atoms with van der Waals surface area (Å²) < 4.78 is 38.0. The lowest BCUT2D eigenvalue weighted by molar-refractivity contribution is -0.119. The van der Waals surface area contributed by atoms with E-state index in [0.29, 0.717) is 18.7 Å². The van der Waals surface area contributed by atoms with Crippen molar-refractivity contribution in [3.63, 3.8) is 0 Å². The molecule has 2 aromatic carbocycles. The summed E-state index contributed by atoms with van der Waals surface area (Å²) in [6.07, 6.45) is 4.46. The van der Waals surface area contributed by atoms with Crippen LogP contribution in [0, 0.1) is 0 Å². The number of methoxy groups -OCH3 is 1. The molecule has 1 aliphatic rings. The maximum absolute atomic E-state index is 13.1. The quantitative estimate of drug-likeness (QED) is 0.458. The van der Waals surface area contributed by atoms with Crippen LogP contribution in [0.3, 0.4) is 0 Å². The van der Waals surface area contributed by atoms with Crippen molar-refractivity contribution in [2.45, 2.75) is 29.1 Å². The summed E-state index contributed by atoms with van der Waals surface area (Å²) in [6.45, 7) is 0.410. The molecule has 1 heterocycles. The van der Waals surface area contributed by atoms with Gasteiger partial charge in [0.15, 0.2) is 6.61 Å². The van der Waals surface area contributed by atoms with Crippen molar-refractivity contribution < 1.29 is 27.5 Å². The summed E-state index contributed by atoms with van der Waals surface area (Å²) in [7, 11) is -2.37. The zero-order valence-electron chi connectivity index (χ0n) is 18.0. The summed E-state index contributed by atoms with van der Waals surface area (Å²) in [5.41, 5.74) is 0.652. The minimum absolute atomic E-state index is 0.00871. The van der Waals surface area contributed by atoms with Gasteiger partial charge in [0.25, 0.3) is 5.91 Å². The van der Waals surface area contributed by atoms with Crippen molar-refractivity contribution in [2.75, 3.05) is 38.4 Å². The zero-order valence-corrected chi connectivity index (χ0v) is 19.6. The van der Waals surface area contributed by atoms with Crippen LogP contribution in [0.2, 0.25) is 0 Å². The molecule has 1 saturated heterocycles. The predicted molar refractivity (Wildman–Crippen MR) is 123 cm³/mol. The monoisotopic (exact) mass is 478 g/mol. The maximum Gasteiger partial charge on any atom is 0.339 e. The normalized spacial score (nSPS) is 14.6. The van der Waals surface area contributed by atoms with Crippen LogP contribution < -0.4 is 10.1 Å². The molecule has 0 spiro atoms. The Morgan fingerprint density at radius 2 is 1.81 bits per heavy atom. The van der Waals surface area contributed by atoms with Crippen molar-refractivity contribution in [3.05, 3.63) is 48.0 Å². The minimum Gasteiger partial charge on any atom is -0.495 e. The SMILES string of the molecule is COc1ccc(NC(=O)COC(=O)c2ccccc2SC)cc1S(=O)(=O)N1CCCCC1. The molecule has 0 aromatic heterocycles. The molecule has 0 aliphatic carbocycles. The fourth-order valence-corrected chi connectivity index (χ4v) is 5.70. The minimum atomic E-state index is -3.76. The lowest BCUT2D eigenvalue weighted by Crippen LogP contribution is -2.35. The van der Waals surface area contributed by atoms with E-state index in [1.54, 1.807) is 18.2 Å². The largest absolute Gasteiger partial charge is 0.495 e. The molecule has 0 bridgehead atoms. The number of benzene rings is 2. The first kappa shape index (κ1) is 24.1. The van der Waals surface area contributed by atoms with Gasteiger partial charge >= 0.3 is 5.97 Å². The molecule has 1 aliphatic heterocycles. The number of carbonyl (C=O) groups excluding carboxylic acids is 2. The van der Waals surface area contributed by atoms with Crippen molar-refractivity contribution in [2.24, 2.45) is 0 Å². The summed E-state index contributed by atoms with van der Waals surface area (Å²) in [6, 6.07) is 11.4. The number of ether oxygens (including phenoxy) is 2. The molecule has 10 heteroatoms. The van der Waals surface area contributed by atoms with E-state index < -0.39 is 28.5 Å². The second kappa shape index (κ2) is 10.8. The number of anilines is 1. The van der Waals surface area contributed by atoms with Crippen molar-refractivity contribution in [1.29, 1.82) is 0 Å². The highest BCUT2D eigenvalue weighted by atomic mass is 32.2. The Labute approximate surface area is 192 Å². The average Bonchev–Trinajstić information content (AvgIpc) is 2.83. The van der Waals surface area contributed by atoms with Gasteiger partial charge in [-0.2, -0.15) is 4.31 Å². The van der Waals surface area contributed by atoms with Crippen LogP contribution in [0.25, 0.3) is 0 Å². The van der Waals surface area contributed by atoms with Crippen LogP contribution in [0.5, 0.6) is 5.75 Å². The highest BCUT2D eigenvalue weighted by Gasteiger charge is 2.29. The second-order valence-electron chi connectivity index (χ2n) is 7.15. The number of thioether (sulfide) groups is 1. The number of nitrogens with one attached hydrogen (secondary N) is 1. The number of piperidine rings is 1. The number of rotatable bonds is 8. The van der Waals surface area contributed by atoms with Gasteiger partial charge in [0.2, 0.25) is 10.0 Å². The maximum atomic E-state index is 13.1. The van der Waals surface area contributed by atoms with E-state index in [9.17, 15) is 18.0 Å². The number of esters is 1. The molecule has 0 saturated carbocycles. The van der Waals surface area contributed by atoms with Crippen LogP contribution in [-0.2, 0) is 19.6 Å². The molecular formula is C22H26N2O6S2.